The van der Waals surface area contributed by atoms with E-state index in [2.05, 4.69) is 5.10 Å². The van der Waals surface area contributed by atoms with Crippen molar-refractivity contribution in [2.45, 2.75) is 45.1 Å². The molecule has 1 aliphatic carbocycles. The third-order valence-electron chi connectivity index (χ3n) is 5.60. The fraction of sp³-hybridized carbons (Fsp3) is 0.450. The second kappa shape index (κ2) is 6.79. The first-order chi connectivity index (χ1) is 13.0. The Bertz CT molecular complexity index is 908. The molecule has 0 saturated carbocycles. The van der Waals surface area contributed by atoms with Gasteiger partial charge in [-0.3, -0.25) is 4.79 Å². The number of carboxylic acid groups (broad SMARTS) is 1. The molecule has 0 bridgehead atoms. The number of aromatic nitrogens is 2. The quantitative estimate of drug-likeness (QED) is 0.900. The molecule has 1 fully saturated rings. The average Bonchev–Trinajstić information content (AvgIpc) is 3.23. The van der Waals surface area contributed by atoms with E-state index in [1.165, 1.54) is 17.0 Å². The van der Waals surface area contributed by atoms with Crippen LogP contribution in [0.2, 0.25) is 0 Å². The number of carbonyl (C=O) groups excluding carboxylic acids is 1. The Balaban J connectivity index is 1.73. The molecule has 142 valence electrons. The fourth-order valence-electron chi connectivity index (χ4n) is 4.19. The molecular formula is C20H22FN3O3. The number of amides is 1. The maximum Gasteiger partial charge on any atom is 0.326 e. The zero-order chi connectivity index (χ0) is 19.1. The molecule has 1 aromatic carbocycles. The Labute approximate surface area is 156 Å². The number of halogens is 1. The zero-order valence-corrected chi connectivity index (χ0v) is 15.2. The summed E-state index contributed by atoms with van der Waals surface area (Å²) in [6.45, 7) is 2.42. The number of hydrogen-bond donors (Lipinski definition) is 1. The standard InChI is InChI=1S/C20H22FN3O3/c1-12-8-9-23(17(10-12)20(26)27)19(25)18-15-6-3-7-16(15)24(22-18)14-5-2-4-13(21)11-14/h2,4-5,11-12,17H,3,6-10H2,1H3,(H,26,27). The van der Waals surface area contributed by atoms with Crippen molar-refractivity contribution in [3.63, 3.8) is 0 Å². The molecule has 2 aliphatic rings. The van der Waals surface area contributed by atoms with E-state index in [0.717, 1.165) is 36.9 Å². The maximum atomic E-state index is 13.7. The molecule has 1 aromatic heterocycles. The number of likely N-dealkylation sites (tertiary alicyclic amines) is 1. The molecule has 0 spiro atoms. The van der Waals surface area contributed by atoms with E-state index >= 15 is 0 Å². The second-order valence-corrected chi connectivity index (χ2v) is 7.50. The van der Waals surface area contributed by atoms with Crippen LogP contribution in [0, 0.1) is 11.7 Å². The largest absolute Gasteiger partial charge is 0.480 e. The van der Waals surface area contributed by atoms with Crippen molar-refractivity contribution in [2.24, 2.45) is 5.92 Å². The molecule has 7 heteroatoms. The van der Waals surface area contributed by atoms with Gasteiger partial charge in [-0.2, -0.15) is 5.10 Å². The summed E-state index contributed by atoms with van der Waals surface area (Å²) in [5.41, 5.74) is 2.68. The van der Waals surface area contributed by atoms with Gasteiger partial charge in [0, 0.05) is 17.8 Å². The van der Waals surface area contributed by atoms with Gasteiger partial charge in [-0.15, -0.1) is 0 Å². The lowest BCUT2D eigenvalue weighted by Gasteiger charge is -2.35. The predicted octanol–water partition coefficient (Wildman–Crippen LogP) is 2.83. The fourth-order valence-corrected chi connectivity index (χ4v) is 4.19. The highest BCUT2D eigenvalue weighted by molar-refractivity contribution is 5.96. The number of fused-ring (bicyclic) bond motifs is 1. The van der Waals surface area contributed by atoms with Crippen molar-refractivity contribution in [1.29, 1.82) is 0 Å². The monoisotopic (exact) mass is 371 g/mol. The van der Waals surface area contributed by atoms with E-state index in [-0.39, 0.29) is 17.6 Å². The highest BCUT2D eigenvalue weighted by Crippen LogP contribution is 2.31. The lowest BCUT2D eigenvalue weighted by atomic mass is 9.92. The van der Waals surface area contributed by atoms with E-state index in [1.807, 2.05) is 6.92 Å². The van der Waals surface area contributed by atoms with Gasteiger partial charge < -0.3 is 10.0 Å². The summed E-state index contributed by atoms with van der Waals surface area (Å²) in [5, 5.41) is 14.1. The van der Waals surface area contributed by atoms with E-state index in [4.69, 9.17) is 0 Å². The molecular weight excluding hydrogens is 349 g/mol. The van der Waals surface area contributed by atoms with Crippen molar-refractivity contribution in [3.8, 4) is 5.69 Å². The Hall–Kier alpha value is -2.70. The first-order valence-corrected chi connectivity index (χ1v) is 9.36. The minimum absolute atomic E-state index is 0.269. The summed E-state index contributed by atoms with van der Waals surface area (Å²) in [6, 6.07) is 5.30. The molecule has 1 saturated heterocycles. The van der Waals surface area contributed by atoms with Gasteiger partial charge in [0.15, 0.2) is 5.69 Å². The molecule has 2 unspecified atom stereocenters. The Morgan fingerprint density at radius 1 is 1.30 bits per heavy atom. The normalized spacial score (nSPS) is 21.9. The molecule has 1 N–H and O–H groups in total. The van der Waals surface area contributed by atoms with Crippen LogP contribution in [-0.4, -0.2) is 44.3 Å². The lowest BCUT2D eigenvalue weighted by molar-refractivity contribution is -0.144. The number of benzene rings is 1. The van der Waals surface area contributed by atoms with Crippen LogP contribution in [0.4, 0.5) is 4.39 Å². The van der Waals surface area contributed by atoms with Gasteiger partial charge in [-0.25, -0.2) is 13.9 Å². The van der Waals surface area contributed by atoms with E-state index in [1.54, 1.807) is 16.8 Å². The molecule has 0 radical (unpaired) electrons. The minimum Gasteiger partial charge on any atom is -0.480 e. The SMILES string of the molecule is CC1CCN(C(=O)c2nn(-c3cccc(F)c3)c3c2CCC3)C(C(=O)O)C1. The van der Waals surface area contributed by atoms with Crippen LogP contribution in [0.5, 0.6) is 0 Å². The van der Waals surface area contributed by atoms with Crippen molar-refractivity contribution >= 4 is 11.9 Å². The molecule has 1 amide bonds. The number of piperidine rings is 1. The number of hydrogen-bond acceptors (Lipinski definition) is 3. The van der Waals surface area contributed by atoms with Crippen molar-refractivity contribution < 1.29 is 19.1 Å². The molecule has 27 heavy (non-hydrogen) atoms. The number of nitrogens with zero attached hydrogens (tertiary/aromatic N) is 3. The first-order valence-electron chi connectivity index (χ1n) is 9.36. The Morgan fingerprint density at radius 3 is 2.85 bits per heavy atom. The summed E-state index contributed by atoms with van der Waals surface area (Å²) < 4.78 is 15.3. The topological polar surface area (TPSA) is 75.4 Å². The highest BCUT2D eigenvalue weighted by atomic mass is 19.1. The molecule has 4 rings (SSSR count). The van der Waals surface area contributed by atoms with Gasteiger partial charge in [0.2, 0.25) is 0 Å². The van der Waals surface area contributed by atoms with Crippen LogP contribution in [0.3, 0.4) is 0 Å². The minimum atomic E-state index is -0.976. The smallest absolute Gasteiger partial charge is 0.326 e. The Kier molecular flexibility index (Phi) is 4.45. The molecule has 6 nitrogen and oxygen atoms in total. The summed E-state index contributed by atoms with van der Waals surface area (Å²) in [6.07, 6.45) is 3.64. The van der Waals surface area contributed by atoms with Crippen LogP contribution in [0.15, 0.2) is 24.3 Å². The van der Waals surface area contributed by atoms with Crippen LogP contribution in [0.1, 0.15) is 47.9 Å². The summed E-state index contributed by atoms with van der Waals surface area (Å²) in [7, 11) is 0. The van der Waals surface area contributed by atoms with Crippen LogP contribution in [0.25, 0.3) is 5.69 Å². The maximum absolute atomic E-state index is 13.7. The van der Waals surface area contributed by atoms with E-state index < -0.39 is 12.0 Å². The zero-order valence-electron chi connectivity index (χ0n) is 15.2. The van der Waals surface area contributed by atoms with Gasteiger partial charge in [0.05, 0.1) is 5.69 Å². The van der Waals surface area contributed by atoms with Crippen LogP contribution in [-0.2, 0) is 17.6 Å². The lowest BCUT2D eigenvalue weighted by Crippen LogP contribution is -2.50. The third kappa shape index (κ3) is 3.11. The van der Waals surface area contributed by atoms with Gasteiger partial charge in [0.25, 0.3) is 5.91 Å². The number of aliphatic carboxylic acids is 1. The molecule has 2 heterocycles. The Morgan fingerprint density at radius 2 is 2.11 bits per heavy atom. The second-order valence-electron chi connectivity index (χ2n) is 7.50. The van der Waals surface area contributed by atoms with Crippen LogP contribution >= 0.6 is 0 Å². The number of rotatable bonds is 3. The predicted molar refractivity (Wildman–Crippen MR) is 96.4 cm³/mol. The molecule has 2 aromatic rings. The molecule has 1 aliphatic heterocycles. The van der Waals surface area contributed by atoms with Crippen LogP contribution < -0.4 is 0 Å². The average molecular weight is 371 g/mol. The first kappa shape index (κ1) is 17.7. The number of carboxylic acids is 1. The summed E-state index contributed by atoms with van der Waals surface area (Å²) in [5.74, 6) is -1.40. The van der Waals surface area contributed by atoms with Crippen molar-refractivity contribution in [2.75, 3.05) is 6.54 Å². The molecule has 2 atom stereocenters. The highest BCUT2D eigenvalue weighted by Gasteiger charge is 2.38. The van der Waals surface area contributed by atoms with E-state index in [9.17, 15) is 19.1 Å². The number of carbonyl (C=O) groups is 2. The van der Waals surface area contributed by atoms with Gasteiger partial charge in [-0.05, 0) is 56.2 Å². The van der Waals surface area contributed by atoms with Gasteiger partial charge in [-0.1, -0.05) is 13.0 Å². The third-order valence-corrected chi connectivity index (χ3v) is 5.60. The van der Waals surface area contributed by atoms with E-state index in [0.29, 0.717) is 24.3 Å². The van der Waals surface area contributed by atoms with Crippen molar-refractivity contribution in [1.82, 2.24) is 14.7 Å². The summed E-state index contributed by atoms with van der Waals surface area (Å²) >= 11 is 0. The van der Waals surface area contributed by atoms with Crippen molar-refractivity contribution in [3.05, 3.63) is 47.0 Å². The van der Waals surface area contributed by atoms with Gasteiger partial charge >= 0.3 is 5.97 Å². The van der Waals surface area contributed by atoms with Gasteiger partial charge in [0.1, 0.15) is 11.9 Å². The summed E-state index contributed by atoms with van der Waals surface area (Å²) in [4.78, 5) is 26.3.